The molecule has 0 aliphatic heterocycles. The Bertz CT molecular complexity index is 278. The van der Waals surface area contributed by atoms with Gasteiger partial charge in [0.1, 0.15) is 0 Å². The van der Waals surface area contributed by atoms with Crippen LogP contribution in [0.1, 0.15) is 20.8 Å². The maximum Gasteiger partial charge on any atom is 4.00 e. The second-order valence-corrected chi connectivity index (χ2v) is 7.44. The zero-order chi connectivity index (χ0) is 21.5. The second-order valence-electron chi connectivity index (χ2n) is 4.09. The van der Waals surface area contributed by atoms with Crippen LogP contribution in [0.4, 0.5) is 26.3 Å². The first-order valence-electron chi connectivity index (χ1n) is 7.79. The molecule has 11 heteroatoms. The summed E-state index contributed by atoms with van der Waals surface area (Å²) in [6.07, 6.45) is 0. The van der Waals surface area contributed by atoms with Crippen LogP contribution in [0.15, 0.2) is 30.3 Å². The van der Waals surface area contributed by atoms with E-state index in [1.165, 1.54) is 0 Å². The molecule has 0 unspecified atom stereocenters. The minimum absolute atomic E-state index is 0. The zero-order valence-corrected chi connectivity index (χ0v) is 22.7. The Kier molecular flexibility index (Phi) is 39.9. The third kappa shape index (κ3) is 76.1. The van der Waals surface area contributed by atoms with E-state index in [2.05, 4.69) is 16.0 Å². The van der Waals surface area contributed by atoms with Crippen molar-refractivity contribution >= 4 is 15.4 Å². The van der Waals surface area contributed by atoms with Crippen LogP contribution in [-0.4, -0.2) is 66.2 Å². The molecular weight excluding hydrogens is 599 g/mol. The fourth-order valence-corrected chi connectivity index (χ4v) is 1.29. The van der Waals surface area contributed by atoms with Gasteiger partial charge >= 0.3 is 77.6 Å². The monoisotopic (exact) mass is 632 g/mol. The van der Waals surface area contributed by atoms with Gasteiger partial charge in [-0.25, -0.2) is 12.1 Å². The van der Waals surface area contributed by atoms with Crippen molar-refractivity contribution in [1.29, 1.82) is 0 Å². The molecule has 0 amide bonds. The van der Waals surface area contributed by atoms with Crippen molar-refractivity contribution in [1.82, 2.24) is 0 Å². The number of hydrogen-bond acceptors (Lipinski definition) is 0. The molecule has 0 heterocycles. The Morgan fingerprint density at radius 2 is 0.926 bits per heavy atom. The molecule has 0 aliphatic carbocycles. The minimum atomic E-state index is -4.98. The maximum atomic E-state index is 10.9. The molecule has 0 spiro atoms. The van der Waals surface area contributed by atoms with Crippen LogP contribution in [0.25, 0.3) is 16.0 Å². The van der Waals surface area contributed by atoms with Gasteiger partial charge in [0.15, 0.2) is 0 Å². The summed E-state index contributed by atoms with van der Waals surface area (Å²) in [4.78, 5) is 0. The van der Waals surface area contributed by atoms with E-state index in [4.69, 9.17) is 0 Å². The van der Waals surface area contributed by atoms with Crippen LogP contribution in [-0.2, 0) is 25.8 Å². The van der Waals surface area contributed by atoms with Crippen LogP contribution < -0.4 is 0 Å². The molecule has 0 saturated heterocycles. The standard InChI is InChI=1S/C5H5.3C3H8N.C2HF6Ge.Hf/c1-2-4-5-3-1;3*1-3-4-2;3-1(4,5)9-2(6,7)8;/h1-5H;3*3H2,1-2H3;9H;/q4*-1;;+4. The molecular formula is C16H30F6GeHfN3. The number of nitrogens with zero attached hydrogens (tertiary/aromatic N) is 3. The van der Waals surface area contributed by atoms with E-state index in [0.717, 1.165) is 19.6 Å². The van der Waals surface area contributed by atoms with Gasteiger partial charge in [0.05, 0.1) is 0 Å². The molecule has 1 rings (SSSR count). The predicted octanol–water partition coefficient (Wildman–Crippen LogP) is 5.89. The molecule has 1 aromatic carbocycles. The summed E-state index contributed by atoms with van der Waals surface area (Å²) in [5.74, 6) is 0. The predicted molar refractivity (Wildman–Crippen MR) is 101 cm³/mol. The van der Waals surface area contributed by atoms with Gasteiger partial charge in [-0.3, -0.25) is 0 Å². The van der Waals surface area contributed by atoms with Crippen LogP contribution in [0.3, 0.4) is 0 Å². The molecule has 3 nitrogen and oxygen atoms in total. The van der Waals surface area contributed by atoms with E-state index in [0.29, 0.717) is 0 Å². The molecule has 0 aliphatic rings. The van der Waals surface area contributed by atoms with E-state index in [1.54, 1.807) is 21.1 Å². The average molecular weight is 630 g/mol. The third-order valence-electron chi connectivity index (χ3n) is 1.83. The van der Waals surface area contributed by atoms with Crippen molar-refractivity contribution in [2.75, 3.05) is 40.8 Å². The first-order valence-corrected chi connectivity index (χ1v) is 10.2. The summed E-state index contributed by atoms with van der Waals surface area (Å²) in [5, 5.41) is 1.24. The fraction of sp³-hybridized carbons (Fsp3) is 0.688. The number of rotatable bonds is 3. The summed E-state index contributed by atoms with van der Waals surface area (Å²) in [7, 11) is 5.42. The van der Waals surface area contributed by atoms with Crippen LogP contribution in [0.2, 0.25) is 0 Å². The molecule has 1 aromatic rings. The molecule has 159 valence electrons. The minimum Gasteiger partial charge on any atom is -0.214 e. The molecule has 0 saturated carbocycles. The summed E-state index contributed by atoms with van der Waals surface area (Å²) >= 11 is -4.06. The molecule has 27 heavy (non-hydrogen) atoms. The van der Waals surface area contributed by atoms with Crippen LogP contribution in [0, 0.1) is 0 Å². The van der Waals surface area contributed by atoms with E-state index in [9.17, 15) is 26.3 Å². The molecule has 0 aromatic heterocycles. The summed E-state index contributed by atoms with van der Waals surface area (Å²) in [6.45, 7) is 8.88. The van der Waals surface area contributed by atoms with Gasteiger partial charge in [0.25, 0.3) is 0 Å². The van der Waals surface area contributed by atoms with Gasteiger partial charge in [0, 0.05) is 0 Å². The van der Waals surface area contributed by atoms with Gasteiger partial charge in [-0.2, -0.15) is 59.0 Å². The van der Waals surface area contributed by atoms with Gasteiger partial charge in [-0.05, 0) is 0 Å². The SMILES string of the molecule is CC[N-]C.CC[N-]C.CC[N-]C.F[C](F)(F)[GeH][C](F)(F)F.[Hf+4].c1cc[cH-]c1. The van der Waals surface area contributed by atoms with E-state index in [1.807, 2.05) is 51.1 Å². The van der Waals surface area contributed by atoms with Crippen molar-refractivity contribution in [2.24, 2.45) is 0 Å². The number of hydrogen-bond donors (Lipinski definition) is 0. The van der Waals surface area contributed by atoms with Crippen molar-refractivity contribution in [3.05, 3.63) is 46.3 Å². The molecule has 1 radical (unpaired) electrons. The first-order chi connectivity index (χ1) is 11.9. The molecule has 0 atom stereocenters. The number of alkyl halides is 6. The summed E-state index contributed by atoms with van der Waals surface area (Å²) in [6, 6.07) is 10.0. The zero-order valence-electron chi connectivity index (χ0n) is 16.7. The average Bonchev–Trinajstić information content (AvgIpc) is 3.12. The third-order valence-corrected chi connectivity index (χ3v) is 3.21. The number of halogens is 6. The Morgan fingerprint density at radius 1 is 0.704 bits per heavy atom. The molecule has 0 N–H and O–H groups in total. The Morgan fingerprint density at radius 3 is 0.963 bits per heavy atom. The maximum absolute atomic E-state index is 10.9. The van der Waals surface area contributed by atoms with Crippen LogP contribution in [0.5, 0.6) is 0 Å². The Hall–Kier alpha value is 0.223. The normalized spacial score (nSPS) is 9.48. The van der Waals surface area contributed by atoms with Gasteiger partial charge in [-0.1, -0.05) is 20.8 Å². The topological polar surface area (TPSA) is 42.3 Å². The van der Waals surface area contributed by atoms with Crippen molar-refractivity contribution in [3.8, 4) is 0 Å². The molecule has 0 fully saturated rings. The van der Waals surface area contributed by atoms with E-state index >= 15 is 0 Å². The van der Waals surface area contributed by atoms with E-state index < -0.39 is 25.4 Å². The van der Waals surface area contributed by atoms with Gasteiger partial charge < -0.3 is 16.0 Å². The molecule has 0 bridgehead atoms. The largest absolute Gasteiger partial charge is 4.00 e. The quantitative estimate of drug-likeness (QED) is 0.227. The second kappa shape index (κ2) is 28.4. The fourth-order valence-electron chi connectivity index (χ4n) is 0.506. The van der Waals surface area contributed by atoms with Crippen molar-refractivity contribution < 1.29 is 52.2 Å². The first kappa shape index (κ1) is 37.9. The van der Waals surface area contributed by atoms with Crippen molar-refractivity contribution in [2.45, 2.75) is 30.8 Å². The smallest absolute Gasteiger partial charge is 0.214 e. The van der Waals surface area contributed by atoms with Gasteiger partial charge in [0.2, 0.25) is 0 Å². The van der Waals surface area contributed by atoms with Gasteiger partial charge in [-0.15, -0.1) is 0 Å². The van der Waals surface area contributed by atoms with Crippen molar-refractivity contribution in [3.63, 3.8) is 0 Å². The van der Waals surface area contributed by atoms with Crippen LogP contribution >= 0.6 is 0 Å². The Balaban J connectivity index is -0.0000000780. The summed E-state index contributed by atoms with van der Waals surface area (Å²) < 4.78 is 65.4. The Labute approximate surface area is 185 Å². The van der Waals surface area contributed by atoms with E-state index in [-0.39, 0.29) is 25.8 Å². The summed E-state index contributed by atoms with van der Waals surface area (Å²) in [5.41, 5.74) is 0.